The Morgan fingerprint density at radius 1 is 1.67 bits per heavy atom. The first kappa shape index (κ1) is 15.0. The van der Waals surface area contributed by atoms with E-state index in [2.05, 4.69) is 12.0 Å². The Morgan fingerprint density at radius 2 is 2.39 bits per heavy atom. The van der Waals surface area contributed by atoms with Crippen LogP contribution in [0.15, 0.2) is 6.20 Å². The van der Waals surface area contributed by atoms with Crippen molar-refractivity contribution in [2.24, 2.45) is 18.7 Å². The summed E-state index contributed by atoms with van der Waals surface area (Å²) in [5, 5.41) is 4.12. The maximum absolute atomic E-state index is 11.7. The lowest BCUT2D eigenvalue weighted by Gasteiger charge is -2.09. The van der Waals surface area contributed by atoms with Crippen LogP contribution in [0.25, 0.3) is 0 Å². The minimum atomic E-state index is -0.298. The molecular formula is C12H21N3O2S. The molecule has 0 aliphatic rings. The molecule has 1 unspecified atom stereocenters. The standard InChI is InChI=1S/C12H21N3O2S/c1-4-17-12(16)10-6-14-15(3)11(10)8-18-7-9(2)5-13/h6,9H,4-5,7-8,13H2,1-3H3. The van der Waals surface area contributed by atoms with E-state index in [9.17, 15) is 4.79 Å². The SMILES string of the molecule is CCOC(=O)c1cnn(C)c1CSCC(C)CN. The van der Waals surface area contributed by atoms with Crippen molar-refractivity contribution in [3.05, 3.63) is 17.5 Å². The zero-order valence-corrected chi connectivity index (χ0v) is 12.0. The van der Waals surface area contributed by atoms with Crippen LogP contribution in [-0.2, 0) is 17.5 Å². The van der Waals surface area contributed by atoms with Gasteiger partial charge in [0.05, 0.1) is 18.5 Å². The second-order valence-electron chi connectivity index (χ2n) is 4.21. The number of thioether (sulfide) groups is 1. The fourth-order valence-electron chi connectivity index (χ4n) is 1.44. The van der Waals surface area contributed by atoms with Crippen LogP contribution in [0, 0.1) is 5.92 Å². The Labute approximate surface area is 112 Å². The maximum atomic E-state index is 11.7. The highest BCUT2D eigenvalue weighted by Gasteiger charge is 2.17. The molecule has 18 heavy (non-hydrogen) atoms. The lowest BCUT2D eigenvalue weighted by atomic mass is 10.2. The number of hydrogen-bond acceptors (Lipinski definition) is 5. The molecule has 0 bridgehead atoms. The van der Waals surface area contributed by atoms with Gasteiger partial charge in [-0.25, -0.2) is 4.79 Å². The molecule has 2 N–H and O–H groups in total. The predicted octanol–water partition coefficient (Wildman–Crippen LogP) is 1.42. The zero-order valence-electron chi connectivity index (χ0n) is 11.2. The number of rotatable bonds is 7. The molecule has 0 aromatic carbocycles. The van der Waals surface area contributed by atoms with Gasteiger partial charge in [-0.15, -0.1) is 0 Å². The maximum Gasteiger partial charge on any atom is 0.341 e. The molecule has 1 rings (SSSR count). The lowest BCUT2D eigenvalue weighted by molar-refractivity contribution is 0.0525. The number of aryl methyl sites for hydroxylation is 1. The average Bonchev–Trinajstić information content (AvgIpc) is 2.71. The van der Waals surface area contributed by atoms with Gasteiger partial charge >= 0.3 is 5.97 Å². The summed E-state index contributed by atoms with van der Waals surface area (Å²) in [5.41, 5.74) is 7.04. The molecule has 5 nitrogen and oxygen atoms in total. The highest BCUT2D eigenvalue weighted by molar-refractivity contribution is 7.98. The summed E-state index contributed by atoms with van der Waals surface area (Å²) >= 11 is 1.76. The van der Waals surface area contributed by atoms with Gasteiger partial charge in [-0.05, 0) is 25.1 Å². The molecule has 0 amide bonds. The molecule has 1 heterocycles. The fourth-order valence-corrected chi connectivity index (χ4v) is 2.63. The monoisotopic (exact) mass is 271 g/mol. The molecule has 0 saturated carbocycles. The van der Waals surface area contributed by atoms with Crippen LogP contribution in [0.2, 0.25) is 0 Å². The topological polar surface area (TPSA) is 70.1 Å². The fraction of sp³-hybridized carbons (Fsp3) is 0.667. The summed E-state index contributed by atoms with van der Waals surface area (Å²) in [4.78, 5) is 11.7. The predicted molar refractivity (Wildman–Crippen MR) is 73.5 cm³/mol. The number of hydrogen-bond donors (Lipinski definition) is 1. The van der Waals surface area contributed by atoms with Crippen LogP contribution < -0.4 is 5.73 Å². The molecule has 0 spiro atoms. The van der Waals surface area contributed by atoms with Crippen LogP contribution in [-0.4, -0.2) is 34.7 Å². The average molecular weight is 271 g/mol. The van der Waals surface area contributed by atoms with Gasteiger partial charge in [0.2, 0.25) is 0 Å². The summed E-state index contributed by atoms with van der Waals surface area (Å²) in [5.74, 6) is 1.90. The third-order valence-corrected chi connectivity index (χ3v) is 3.88. The first-order valence-corrected chi connectivity index (χ1v) is 7.21. The van der Waals surface area contributed by atoms with Gasteiger partial charge in [-0.1, -0.05) is 6.92 Å². The van der Waals surface area contributed by atoms with Gasteiger partial charge in [0.15, 0.2) is 0 Å². The Hall–Kier alpha value is -1.01. The molecule has 0 radical (unpaired) electrons. The van der Waals surface area contributed by atoms with E-state index in [0.717, 1.165) is 17.2 Å². The highest BCUT2D eigenvalue weighted by Crippen LogP contribution is 2.18. The first-order chi connectivity index (χ1) is 8.60. The number of ether oxygens (including phenoxy) is 1. The molecule has 0 saturated heterocycles. The molecule has 1 atom stereocenters. The van der Waals surface area contributed by atoms with Crippen LogP contribution in [0.3, 0.4) is 0 Å². The number of nitrogens with zero attached hydrogens (tertiary/aromatic N) is 2. The van der Waals surface area contributed by atoms with Crippen LogP contribution in [0.4, 0.5) is 0 Å². The van der Waals surface area contributed by atoms with Gasteiger partial charge < -0.3 is 10.5 Å². The van der Waals surface area contributed by atoms with E-state index in [1.165, 1.54) is 0 Å². The van der Waals surface area contributed by atoms with Gasteiger partial charge in [0, 0.05) is 12.8 Å². The van der Waals surface area contributed by atoms with Crippen molar-refractivity contribution in [1.29, 1.82) is 0 Å². The van der Waals surface area contributed by atoms with Crippen molar-refractivity contribution >= 4 is 17.7 Å². The molecule has 0 aliphatic carbocycles. The number of carbonyl (C=O) groups excluding carboxylic acids is 1. The Balaban J connectivity index is 2.64. The summed E-state index contributed by atoms with van der Waals surface area (Å²) in [6.07, 6.45) is 1.57. The van der Waals surface area contributed by atoms with E-state index < -0.39 is 0 Å². The third kappa shape index (κ3) is 4.03. The normalized spacial score (nSPS) is 12.4. The number of carbonyl (C=O) groups is 1. The van der Waals surface area contributed by atoms with Crippen molar-refractivity contribution in [2.45, 2.75) is 19.6 Å². The molecule has 0 fully saturated rings. The first-order valence-electron chi connectivity index (χ1n) is 6.05. The van der Waals surface area contributed by atoms with Gasteiger partial charge in [0.1, 0.15) is 5.56 Å². The van der Waals surface area contributed by atoms with Crippen LogP contribution in [0.5, 0.6) is 0 Å². The summed E-state index contributed by atoms with van der Waals surface area (Å²) in [7, 11) is 1.84. The Bertz CT molecular complexity index is 393. The largest absolute Gasteiger partial charge is 0.462 e. The third-order valence-electron chi connectivity index (χ3n) is 2.60. The van der Waals surface area contributed by atoms with E-state index in [0.29, 0.717) is 24.6 Å². The van der Waals surface area contributed by atoms with E-state index >= 15 is 0 Å². The van der Waals surface area contributed by atoms with Crippen molar-refractivity contribution in [1.82, 2.24) is 9.78 Å². The Kier molecular flexibility index (Phi) is 6.21. The van der Waals surface area contributed by atoms with Gasteiger partial charge in [0.25, 0.3) is 0 Å². The summed E-state index contributed by atoms with van der Waals surface area (Å²) < 4.78 is 6.74. The molecule has 0 aliphatic heterocycles. The minimum absolute atomic E-state index is 0.298. The molecule has 6 heteroatoms. The van der Waals surface area contributed by atoms with Crippen LogP contribution in [0.1, 0.15) is 29.9 Å². The smallest absolute Gasteiger partial charge is 0.341 e. The van der Waals surface area contributed by atoms with Gasteiger partial charge in [-0.3, -0.25) is 4.68 Å². The highest BCUT2D eigenvalue weighted by atomic mass is 32.2. The Morgan fingerprint density at radius 3 is 3.00 bits per heavy atom. The molecule has 102 valence electrons. The summed E-state index contributed by atoms with van der Waals surface area (Å²) in [6, 6.07) is 0. The van der Waals surface area contributed by atoms with E-state index in [1.54, 1.807) is 29.6 Å². The van der Waals surface area contributed by atoms with Crippen molar-refractivity contribution in [3.63, 3.8) is 0 Å². The van der Waals surface area contributed by atoms with Gasteiger partial charge in [-0.2, -0.15) is 16.9 Å². The number of esters is 1. The van der Waals surface area contributed by atoms with Crippen LogP contribution >= 0.6 is 11.8 Å². The second-order valence-corrected chi connectivity index (χ2v) is 5.24. The number of aromatic nitrogens is 2. The molecule has 1 aromatic rings. The minimum Gasteiger partial charge on any atom is -0.462 e. The second kappa shape index (κ2) is 7.43. The van der Waals surface area contributed by atoms with E-state index in [1.807, 2.05) is 7.05 Å². The number of nitrogens with two attached hydrogens (primary N) is 1. The molecular weight excluding hydrogens is 250 g/mol. The molecule has 1 aromatic heterocycles. The van der Waals surface area contributed by atoms with E-state index in [4.69, 9.17) is 10.5 Å². The zero-order chi connectivity index (χ0) is 13.5. The quantitative estimate of drug-likeness (QED) is 0.760. The lowest BCUT2D eigenvalue weighted by Crippen LogP contribution is -2.13. The van der Waals surface area contributed by atoms with E-state index in [-0.39, 0.29) is 5.97 Å². The van der Waals surface area contributed by atoms with Crippen molar-refractivity contribution in [3.8, 4) is 0 Å². The van der Waals surface area contributed by atoms with Crippen molar-refractivity contribution < 1.29 is 9.53 Å². The van der Waals surface area contributed by atoms with Crippen molar-refractivity contribution in [2.75, 3.05) is 18.9 Å². The summed E-state index contributed by atoms with van der Waals surface area (Å²) in [6.45, 7) is 4.97.